The van der Waals surface area contributed by atoms with Crippen molar-refractivity contribution in [2.75, 3.05) is 57.4 Å². The lowest BCUT2D eigenvalue weighted by Crippen LogP contribution is -2.48. The molecular weight excluding hydrogens is 447 g/mol. The van der Waals surface area contributed by atoms with E-state index in [-0.39, 0.29) is 36.8 Å². The molecule has 3 aliphatic heterocycles. The molecule has 1 amide bonds. The van der Waals surface area contributed by atoms with Crippen molar-refractivity contribution < 1.29 is 9.53 Å². The Hall–Kier alpha value is -1.05. The fourth-order valence-corrected chi connectivity index (χ4v) is 5.36. The van der Waals surface area contributed by atoms with Crippen LogP contribution >= 0.6 is 24.8 Å². The second-order valence-electron chi connectivity index (χ2n) is 9.28. The number of likely N-dealkylation sites (tertiary alicyclic amines) is 1. The molecule has 0 spiro atoms. The fraction of sp³-hybridized carbons (Fsp3) is 0.708. The Kier molecular flexibility index (Phi) is 11.0. The Morgan fingerprint density at radius 3 is 2.47 bits per heavy atom. The van der Waals surface area contributed by atoms with Crippen LogP contribution in [0.3, 0.4) is 0 Å². The van der Waals surface area contributed by atoms with Gasteiger partial charge in [0, 0.05) is 70.3 Å². The fourth-order valence-electron chi connectivity index (χ4n) is 5.36. The van der Waals surface area contributed by atoms with Crippen molar-refractivity contribution in [1.82, 2.24) is 9.80 Å². The summed E-state index contributed by atoms with van der Waals surface area (Å²) in [6.07, 6.45) is 5.00. The lowest BCUT2D eigenvalue weighted by Gasteiger charge is -2.36. The lowest BCUT2D eigenvalue weighted by molar-refractivity contribution is -0.136. The van der Waals surface area contributed by atoms with Gasteiger partial charge in [0.1, 0.15) is 0 Å². The highest BCUT2D eigenvalue weighted by molar-refractivity contribution is 5.85. The number of anilines is 1. The molecule has 3 saturated heterocycles. The predicted molar refractivity (Wildman–Crippen MR) is 135 cm³/mol. The Balaban J connectivity index is 0.00000181. The number of nitrogens with two attached hydrogens (primary N) is 1. The van der Waals surface area contributed by atoms with E-state index in [4.69, 9.17) is 10.5 Å². The minimum atomic E-state index is 0. The molecule has 3 heterocycles. The van der Waals surface area contributed by atoms with Crippen LogP contribution in [0.4, 0.5) is 5.69 Å². The second kappa shape index (κ2) is 13.0. The van der Waals surface area contributed by atoms with Gasteiger partial charge in [-0.1, -0.05) is 18.2 Å². The Morgan fingerprint density at radius 2 is 1.72 bits per heavy atom. The zero-order chi connectivity index (χ0) is 20.9. The van der Waals surface area contributed by atoms with E-state index < -0.39 is 0 Å². The lowest BCUT2D eigenvalue weighted by atomic mass is 9.99. The first-order chi connectivity index (χ1) is 14.6. The molecule has 6 nitrogen and oxygen atoms in total. The summed E-state index contributed by atoms with van der Waals surface area (Å²) < 4.78 is 5.55. The Morgan fingerprint density at radius 1 is 0.969 bits per heavy atom. The van der Waals surface area contributed by atoms with E-state index in [1.807, 2.05) is 0 Å². The monoisotopic (exact) mass is 486 g/mol. The molecule has 0 aromatic heterocycles. The summed E-state index contributed by atoms with van der Waals surface area (Å²) in [5.74, 6) is 0.416. The summed E-state index contributed by atoms with van der Waals surface area (Å²) in [4.78, 5) is 20.6. The van der Waals surface area contributed by atoms with Gasteiger partial charge in [-0.2, -0.15) is 0 Å². The van der Waals surface area contributed by atoms with E-state index in [0.29, 0.717) is 11.9 Å². The van der Waals surface area contributed by atoms with Crippen LogP contribution in [-0.4, -0.2) is 80.3 Å². The number of nitrogens with zero attached hydrogens (tertiary/aromatic N) is 3. The first-order valence-corrected chi connectivity index (χ1v) is 11.8. The van der Waals surface area contributed by atoms with E-state index in [0.717, 1.165) is 84.6 Å². The van der Waals surface area contributed by atoms with Crippen LogP contribution in [0, 0.1) is 12.8 Å². The third kappa shape index (κ3) is 6.73. The van der Waals surface area contributed by atoms with E-state index >= 15 is 0 Å². The molecule has 0 aliphatic carbocycles. The number of ether oxygens (including phenoxy) is 1. The SMILES string of the molecule is Cc1ccccc1N1CCCN(C(=O)[C@@H]2CC[C@H](N)CN(C3CCOCC3)C2)CC1.Cl.Cl. The van der Waals surface area contributed by atoms with Crippen LogP contribution in [0.5, 0.6) is 0 Å². The average Bonchev–Trinajstić information content (AvgIpc) is 3.13. The molecule has 0 saturated carbocycles. The molecule has 8 heteroatoms. The van der Waals surface area contributed by atoms with Crippen LogP contribution in [0.2, 0.25) is 0 Å². The van der Waals surface area contributed by atoms with Crippen molar-refractivity contribution in [2.45, 2.75) is 51.1 Å². The summed E-state index contributed by atoms with van der Waals surface area (Å²) >= 11 is 0. The van der Waals surface area contributed by atoms with E-state index in [2.05, 4.69) is 45.9 Å². The minimum absolute atomic E-state index is 0. The van der Waals surface area contributed by atoms with Crippen LogP contribution in [-0.2, 0) is 9.53 Å². The molecule has 0 radical (unpaired) electrons. The van der Waals surface area contributed by atoms with Crippen molar-refractivity contribution >= 4 is 36.4 Å². The number of aryl methyl sites for hydroxylation is 1. The summed E-state index contributed by atoms with van der Waals surface area (Å²) in [5, 5.41) is 0. The number of hydrogen-bond acceptors (Lipinski definition) is 5. The van der Waals surface area contributed by atoms with Gasteiger partial charge in [-0.15, -0.1) is 24.8 Å². The van der Waals surface area contributed by atoms with Crippen molar-refractivity contribution in [3.63, 3.8) is 0 Å². The van der Waals surface area contributed by atoms with Gasteiger partial charge >= 0.3 is 0 Å². The highest BCUT2D eigenvalue weighted by Gasteiger charge is 2.34. The smallest absolute Gasteiger partial charge is 0.227 e. The zero-order valence-corrected chi connectivity index (χ0v) is 20.9. The largest absolute Gasteiger partial charge is 0.381 e. The number of hydrogen-bond donors (Lipinski definition) is 1. The van der Waals surface area contributed by atoms with Gasteiger partial charge in [0.05, 0.1) is 5.92 Å². The van der Waals surface area contributed by atoms with Gasteiger partial charge in [-0.05, 0) is 50.7 Å². The molecular formula is C24H40Cl2N4O2. The van der Waals surface area contributed by atoms with Gasteiger partial charge in [-0.25, -0.2) is 0 Å². The third-order valence-electron chi connectivity index (χ3n) is 7.13. The number of carbonyl (C=O) groups excluding carboxylic acids is 1. The molecule has 2 N–H and O–H groups in total. The topological polar surface area (TPSA) is 62.0 Å². The number of rotatable bonds is 3. The normalized spacial score (nSPS) is 25.8. The van der Waals surface area contributed by atoms with Crippen LogP contribution in [0.1, 0.15) is 37.7 Å². The van der Waals surface area contributed by atoms with Crippen molar-refractivity contribution in [2.24, 2.45) is 11.7 Å². The first-order valence-electron chi connectivity index (χ1n) is 11.8. The number of benzene rings is 1. The highest BCUT2D eigenvalue weighted by atomic mass is 35.5. The molecule has 182 valence electrons. The van der Waals surface area contributed by atoms with Gasteiger partial charge in [0.15, 0.2) is 0 Å². The number of amides is 1. The quantitative estimate of drug-likeness (QED) is 0.710. The van der Waals surface area contributed by atoms with Gasteiger partial charge in [-0.3, -0.25) is 9.69 Å². The number of para-hydroxylation sites is 1. The molecule has 3 fully saturated rings. The highest BCUT2D eigenvalue weighted by Crippen LogP contribution is 2.25. The standard InChI is InChI=1S/C24H38N4O2.2ClH/c1-19-5-2-3-6-23(19)26-11-4-12-27(14-13-26)24(29)20-7-8-21(25)18-28(17-20)22-9-15-30-16-10-22;;/h2-3,5-6,20-22H,4,7-18,25H2,1H3;2*1H/t20-,21+;;/m1../s1. The molecule has 2 atom stereocenters. The summed E-state index contributed by atoms with van der Waals surface area (Å²) in [6.45, 7) is 9.19. The minimum Gasteiger partial charge on any atom is -0.381 e. The Labute approximate surface area is 205 Å². The summed E-state index contributed by atoms with van der Waals surface area (Å²) in [7, 11) is 0. The molecule has 1 aromatic carbocycles. The van der Waals surface area contributed by atoms with Crippen LogP contribution in [0.25, 0.3) is 0 Å². The summed E-state index contributed by atoms with van der Waals surface area (Å²) in [5.41, 5.74) is 9.00. The molecule has 4 rings (SSSR count). The molecule has 3 aliphatic rings. The van der Waals surface area contributed by atoms with Gasteiger partial charge < -0.3 is 20.3 Å². The molecule has 32 heavy (non-hydrogen) atoms. The maximum Gasteiger partial charge on any atom is 0.227 e. The zero-order valence-electron chi connectivity index (χ0n) is 19.3. The predicted octanol–water partition coefficient (Wildman–Crippen LogP) is 3.10. The van der Waals surface area contributed by atoms with Crippen LogP contribution < -0.4 is 10.6 Å². The molecule has 1 aromatic rings. The summed E-state index contributed by atoms with van der Waals surface area (Å²) in [6, 6.07) is 9.25. The Bertz CT molecular complexity index is 717. The van der Waals surface area contributed by atoms with Crippen molar-refractivity contribution in [3.05, 3.63) is 29.8 Å². The maximum atomic E-state index is 13.5. The van der Waals surface area contributed by atoms with Crippen LogP contribution in [0.15, 0.2) is 24.3 Å². The van der Waals surface area contributed by atoms with E-state index in [9.17, 15) is 4.79 Å². The van der Waals surface area contributed by atoms with Crippen molar-refractivity contribution in [1.29, 1.82) is 0 Å². The first kappa shape index (κ1) is 27.2. The third-order valence-corrected chi connectivity index (χ3v) is 7.13. The molecule has 0 bridgehead atoms. The number of carbonyl (C=O) groups is 1. The van der Waals surface area contributed by atoms with E-state index in [1.54, 1.807) is 0 Å². The maximum absolute atomic E-state index is 13.5. The van der Waals surface area contributed by atoms with E-state index in [1.165, 1.54) is 11.3 Å². The van der Waals surface area contributed by atoms with Gasteiger partial charge in [0.2, 0.25) is 5.91 Å². The molecule has 0 unspecified atom stereocenters. The average molecular weight is 488 g/mol. The van der Waals surface area contributed by atoms with Crippen molar-refractivity contribution in [3.8, 4) is 0 Å². The van der Waals surface area contributed by atoms with Gasteiger partial charge in [0.25, 0.3) is 0 Å². The second-order valence-corrected chi connectivity index (χ2v) is 9.28. The number of halogens is 2.